The Kier molecular flexibility index (Phi) is 6.59. The predicted molar refractivity (Wildman–Crippen MR) is 102 cm³/mol. The van der Waals surface area contributed by atoms with Gasteiger partial charge >= 0.3 is 0 Å². The van der Waals surface area contributed by atoms with E-state index in [1.807, 2.05) is 36.1 Å². The van der Waals surface area contributed by atoms with Gasteiger partial charge in [-0.05, 0) is 25.5 Å². The van der Waals surface area contributed by atoms with Gasteiger partial charge in [-0.2, -0.15) is 0 Å². The second kappa shape index (κ2) is 9.32. The summed E-state index contributed by atoms with van der Waals surface area (Å²) in [6.07, 6.45) is 4.00. The Balaban J connectivity index is 1.40. The minimum absolute atomic E-state index is 0.0206. The first-order valence-electron chi connectivity index (χ1n) is 9.23. The van der Waals surface area contributed by atoms with Crippen LogP contribution in [0.15, 0.2) is 36.8 Å². The van der Waals surface area contributed by atoms with Crippen molar-refractivity contribution in [2.75, 3.05) is 46.4 Å². The molecule has 144 valence electrons. The van der Waals surface area contributed by atoms with Crippen LogP contribution in [0, 0.1) is 6.92 Å². The Morgan fingerprint density at radius 3 is 2.59 bits per heavy atom. The molecule has 7 heteroatoms. The van der Waals surface area contributed by atoms with Crippen molar-refractivity contribution in [3.05, 3.63) is 48.0 Å². The molecule has 7 nitrogen and oxygen atoms in total. The first kappa shape index (κ1) is 19.1. The predicted octanol–water partition coefficient (Wildman–Crippen LogP) is 2.02. The first-order valence-corrected chi connectivity index (χ1v) is 9.23. The molecule has 1 saturated heterocycles. The number of piperazine rings is 1. The molecule has 1 aliphatic rings. The lowest BCUT2D eigenvalue weighted by atomic mass is 10.2. The van der Waals surface area contributed by atoms with Gasteiger partial charge in [0.25, 0.3) is 5.91 Å². The first-order chi connectivity index (χ1) is 13.2. The number of benzene rings is 1. The quantitative estimate of drug-likeness (QED) is 0.695. The van der Waals surface area contributed by atoms with Crippen LogP contribution in [0.4, 0.5) is 0 Å². The maximum absolute atomic E-state index is 12.6. The fourth-order valence-electron chi connectivity index (χ4n) is 3.15. The number of methoxy groups -OCH3 is 1. The lowest BCUT2D eigenvalue weighted by molar-refractivity contribution is 0.0629. The van der Waals surface area contributed by atoms with Gasteiger partial charge in [0, 0.05) is 38.9 Å². The van der Waals surface area contributed by atoms with Crippen molar-refractivity contribution in [3.8, 4) is 11.5 Å². The number of amides is 1. The van der Waals surface area contributed by atoms with Gasteiger partial charge in [0.1, 0.15) is 6.33 Å². The third kappa shape index (κ3) is 4.95. The summed E-state index contributed by atoms with van der Waals surface area (Å²) in [5.74, 6) is 1.55. The van der Waals surface area contributed by atoms with Crippen molar-refractivity contribution in [3.63, 3.8) is 0 Å². The van der Waals surface area contributed by atoms with Gasteiger partial charge in [0.05, 0.1) is 25.0 Å². The largest absolute Gasteiger partial charge is 0.493 e. The second-order valence-electron chi connectivity index (χ2n) is 6.51. The van der Waals surface area contributed by atoms with Crippen molar-refractivity contribution in [1.29, 1.82) is 0 Å². The molecule has 1 aromatic carbocycles. The summed E-state index contributed by atoms with van der Waals surface area (Å²) < 4.78 is 11.1. The van der Waals surface area contributed by atoms with E-state index in [-0.39, 0.29) is 5.91 Å². The molecule has 1 aliphatic heterocycles. The van der Waals surface area contributed by atoms with Crippen molar-refractivity contribution in [2.45, 2.75) is 13.3 Å². The summed E-state index contributed by atoms with van der Waals surface area (Å²) in [5, 5.41) is 0. The molecular weight excluding hydrogens is 344 g/mol. The van der Waals surface area contributed by atoms with Crippen LogP contribution in [0.2, 0.25) is 0 Å². The Labute approximate surface area is 159 Å². The topological polar surface area (TPSA) is 67.8 Å². The van der Waals surface area contributed by atoms with Gasteiger partial charge in [-0.25, -0.2) is 9.97 Å². The van der Waals surface area contributed by atoms with Crippen molar-refractivity contribution in [1.82, 2.24) is 19.8 Å². The highest BCUT2D eigenvalue weighted by atomic mass is 16.5. The molecule has 2 aromatic rings. The average molecular weight is 370 g/mol. The van der Waals surface area contributed by atoms with E-state index in [4.69, 9.17) is 9.47 Å². The van der Waals surface area contributed by atoms with Crippen LogP contribution in [0.3, 0.4) is 0 Å². The van der Waals surface area contributed by atoms with Crippen LogP contribution in [-0.4, -0.2) is 72.1 Å². The number of hydrogen-bond acceptors (Lipinski definition) is 6. The number of aryl methyl sites for hydroxylation is 1. The van der Waals surface area contributed by atoms with Gasteiger partial charge in [0.15, 0.2) is 11.5 Å². The second-order valence-corrected chi connectivity index (χ2v) is 6.51. The van der Waals surface area contributed by atoms with E-state index in [9.17, 15) is 4.79 Å². The molecule has 1 amide bonds. The SMILES string of the molecule is COc1ccccc1OCCCN1CCN(C(=O)c2cncnc2C)CC1. The maximum atomic E-state index is 12.6. The van der Waals surface area contributed by atoms with Crippen molar-refractivity contribution < 1.29 is 14.3 Å². The molecule has 0 atom stereocenters. The van der Waals surface area contributed by atoms with Gasteiger partial charge in [-0.15, -0.1) is 0 Å². The van der Waals surface area contributed by atoms with Crippen LogP contribution >= 0.6 is 0 Å². The molecule has 0 radical (unpaired) electrons. The molecule has 0 unspecified atom stereocenters. The number of hydrogen-bond donors (Lipinski definition) is 0. The van der Waals surface area contributed by atoms with E-state index >= 15 is 0 Å². The number of aromatic nitrogens is 2. The highest BCUT2D eigenvalue weighted by Gasteiger charge is 2.23. The summed E-state index contributed by atoms with van der Waals surface area (Å²) in [7, 11) is 1.64. The summed E-state index contributed by atoms with van der Waals surface area (Å²) in [6.45, 7) is 6.61. The maximum Gasteiger partial charge on any atom is 0.257 e. The Bertz CT molecular complexity index is 760. The van der Waals surface area contributed by atoms with Crippen molar-refractivity contribution in [2.24, 2.45) is 0 Å². The van der Waals surface area contributed by atoms with Gasteiger partial charge in [-0.1, -0.05) is 12.1 Å². The Morgan fingerprint density at radius 2 is 1.89 bits per heavy atom. The van der Waals surface area contributed by atoms with Crippen LogP contribution in [-0.2, 0) is 0 Å². The average Bonchev–Trinajstić information content (AvgIpc) is 2.72. The zero-order valence-corrected chi connectivity index (χ0v) is 15.9. The van der Waals surface area contributed by atoms with Gasteiger partial charge < -0.3 is 14.4 Å². The zero-order chi connectivity index (χ0) is 19.1. The van der Waals surface area contributed by atoms with E-state index in [2.05, 4.69) is 14.9 Å². The molecule has 2 heterocycles. The molecular formula is C20H26N4O3. The van der Waals surface area contributed by atoms with Crippen LogP contribution in [0.1, 0.15) is 22.5 Å². The Hall–Kier alpha value is -2.67. The number of nitrogens with zero attached hydrogens (tertiary/aromatic N) is 4. The number of rotatable bonds is 7. The highest BCUT2D eigenvalue weighted by Crippen LogP contribution is 2.25. The van der Waals surface area contributed by atoms with Crippen LogP contribution in [0.5, 0.6) is 11.5 Å². The van der Waals surface area contributed by atoms with E-state index in [0.717, 1.165) is 56.3 Å². The number of carbonyl (C=O) groups excluding carboxylic acids is 1. The van der Waals surface area contributed by atoms with E-state index < -0.39 is 0 Å². The molecule has 0 bridgehead atoms. The normalized spacial score (nSPS) is 14.8. The fraction of sp³-hybridized carbons (Fsp3) is 0.450. The monoisotopic (exact) mass is 370 g/mol. The molecule has 1 aromatic heterocycles. The number of ether oxygens (including phenoxy) is 2. The molecule has 27 heavy (non-hydrogen) atoms. The number of para-hydroxylation sites is 2. The third-order valence-electron chi connectivity index (χ3n) is 4.75. The van der Waals surface area contributed by atoms with E-state index in [0.29, 0.717) is 12.2 Å². The lowest BCUT2D eigenvalue weighted by Gasteiger charge is -2.34. The standard InChI is InChI=1S/C20H26N4O3/c1-16-17(14-21-15-22-16)20(25)24-11-9-23(10-12-24)8-5-13-27-19-7-4-3-6-18(19)26-2/h3-4,6-7,14-15H,5,8-13H2,1-2H3. The van der Waals surface area contributed by atoms with E-state index in [1.165, 1.54) is 6.33 Å². The zero-order valence-electron chi connectivity index (χ0n) is 15.9. The van der Waals surface area contributed by atoms with E-state index in [1.54, 1.807) is 13.3 Å². The molecule has 0 saturated carbocycles. The minimum atomic E-state index is 0.0206. The van der Waals surface area contributed by atoms with Gasteiger partial charge in [-0.3, -0.25) is 9.69 Å². The summed E-state index contributed by atoms with van der Waals surface area (Å²) >= 11 is 0. The molecule has 3 rings (SSSR count). The third-order valence-corrected chi connectivity index (χ3v) is 4.75. The van der Waals surface area contributed by atoms with Crippen LogP contribution < -0.4 is 9.47 Å². The Morgan fingerprint density at radius 1 is 1.15 bits per heavy atom. The van der Waals surface area contributed by atoms with Crippen LogP contribution in [0.25, 0.3) is 0 Å². The molecule has 0 N–H and O–H groups in total. The summed E-state index contributed by atoms with van der Waals surface area (Å²) in [4.78, 5) is 24.9. The van der Waals surface area contributed by atoms with Gasteiger partial charge in [0.2, 0.25) is 0 Å². The molecule has 0 spiro atoms. The molecule has 1 fully saturated rings. The smallest absolute Gasteiger partial charge is 0.257 e. The fourth-order valence-corrected chi connectivity index (χ4v) is 3.15. The summed E-state index contributed by atoms with van der Waals surface area (Å²) in [5.41, 5.74) is 1.32. The summed E-state index contributed by atoms with van der Waals surface area (Å²) in [6, 6.07) is 7.67. The molecule has 0 aliphatic carbocycles. The minimum Gasteiger partial charge on any atom is -0.493 e. The number of carbonyl (C=O) groups is 1. The lowest BCUT2D eigenvalue weighted by Crippen LogP contribution is -2.49. The highest BCUT2D eigenvalue weighted by molar-refractivity contribution is 5.94. The van der Waals surface area contributed by atoms with Crippen molar-refractivity contribution >= 4 is 5.91 Å².